The van der Waals surface area contributed by atoms with E-state index < -0.39 is 0 Å². The highest BCUT2D eigenvalue weighted by Gasteiger charge is 2.33. The lowest BCUT2D eigenvalue weighted by molar-refractivity contribution is -0.122. The molecule has 7 heteroatoms. The number of nitrogens with zero attached hydrogens (tertiary/aromatic N) is 2. The number of aliphatic imine (C=N–C) groups is 1. The van der Waals surface area contributed by atoms with Gasteiger partial charge in [0, 0.05) is 6.61 Å². The number of amides is 1. The van der Waals surface area contributed by atoms with Crippen molar-refractivity contribution in [3.8, 4) is 11.5 Å². The Morgan fingerprint density at radius 1 is 0.971 bits per heavy atom. The lowest BCUT2D eigenvalue weighted by Gasteiger charge is -2.15. The summed E-state index contributed by atoms with van der Waals surface area (Å²) >= 11 is 1.36. The maximum Gasteiger partial charge on any atom is 0.266 e. The second-order valence-electron chi connectivity index (χ2n) is 7.68. The van der Waals surface area contributed by atoms with E-state index in [1.807, 2.05) is 91.9 Å². The second-order valence-corrected chi connectivity index (χ2v) is 8.69. The number of hydrogen-bond acceptors (Lipinski definition) is 6. The number of carbonyl (C=O) groups excluding carboxylic acids is 1. The van der Waals surface area contributed by atoms with Crippen LogP contribution in [0, 0.1) is 0 Å². The maximum absolute atomic E-state index is 13.2. The van der Waals surface area contributed by atoms with Crippen molar-refractivity contribution in [3.05, 3.63) is 94.9 Å². The van der Waals surface area contributed by atoms with Crippen LogP contribution < -0.4 is 9.47 Å². The molecule has 1 aliphatic heterocycles. The summed E-state index contributed by atoms with van der Waals surface area (Å²) in [5, 5.41) is 0.641. The first kappa shape index (κ1) is 24.6. The first-order chi connectivity index (χ1) is 17.2. The highest BCUT2D eigenvalue weighted by Crippen LogP contribution is 2.36. The predicted octanol–water partition coefficient (Wildman–Crippen LogP) is 5.91. The van der Waals surface area contributed by atoms with Crippen LogP contribution in [0.1, 0.15) is 18.1 Å². The van der Waals surface area contributed by atoms with Gasteiger partial charge < -0.3 is 14.2 Å². The Morgan fingerprint density at radius 3 is 2.43 bits per heavy atom. The highest BCUT2D eigenvalue weighted by molar-refractivity contribution is 8.18. The number of amidine groups is 1. The molecule has 0 aromatic heterocycles. The molecule has 4 rings (SSSR count). The second kappa shape index (κ2) is 12.2. The van der Waals surface area contributed by atoms with Gasteiger partial charge in [-0.2, -0.15) is 0 Å². The van der Waals surface area contributed by atoms with Crippen LogP contribution >= 0.6 is 11.8 Å². The summed E-state index contributed by atoms with van der Waals surface area (Å²) in [6, 6.07) is 25.2. The molecule has 180 valence electrons. The molecule has 1 aliphatic rings. The third-order valence-electron chi connectivity index (χ3n) is 5.25. The monoisotopic (exact) mass is 488 g/mol. The molecule has 0 atom stereocenters. The van der Waals surface area contributed by atoms with Crippen molar-refractivity contribution in [3.63, 3.8) is 0 Å². The molecular formula is C28H28N2O4S. The molecule has 1 heterocycles. The minimum absolute atomic E-state index is 0.0900. The van der Waals surface area contributed by atoms with Crippen LogP contribution in [0.2, 0.25) is 0 Å². The van der Waals surface area contributed by atoms with E-state index in [0.29, 0.717) is 47.9 Å². The van der Waals surface area contributed by atoms with Gasteiger partial charge in [-0.25, -0.2) is 4.99 Å². The minimum atomic E-state index is -0.0900. The molecule has 3 aromatic rings. The molecule has 35 heavy (non-hydrogen) atoms. The number of benzene rings is 3. The summed E-state index contributed by atoms with van der Waals surface area (Å²) in [5.74, 6) is 1.17. The average Bonchev–Trinajstić information content (AvgIpc) is 3.18. The Hall–Kier alpha value is -3.55. The summed E-state index contributed by atoms with van der Waals surface area (Å²) in [6.45, 7) is 3.87. The summed E-state index contributed by atoms with van der Waals surface area (Å²) in [5.41, 5.74) is 2.72. The summed E-state index contributed by atoms with van der Waals surface area (Å²) in [7, 11) is 1.61. The van der Waals surface area contributed by atoms with E-state index in [4.69, 9.17) is 19.2 Å². The molecule has 6 nitrogen and oxygen atoms in total. The fourth-order valence-corrected chi connectivity index (χ4v) is 4.51. The van der Waals surface area contributed by atoms with E-state index in [-0.39, 0.29) is 5.91 Å². The van der Waals surface area contributed by atoms with E-state index in [9.17, 15) is 4.79 Å². The molecule has 1 saturated heterocycles. The van der Waals surface area contributed by atoms with Gasteiger partial charge in [0.2, 0.25) is 0 Å². The van der Waals surface area contributed by atoms with Gasteiger partial charge in [0.15, 0.2) is 16.7 Å². The molecule has 3 aromatic carbocycles. The lowest BCUT2D eigenvalue weighted by atomic mass is 10.1. The molecule has 0 saturated carbocycles. The lowest BCUT2D eigenvalue weighted by Crippen LogP contribution is -2.32. The van der Waals surface area contributed by atoms with Crippen molar-refractivity contribution in [1.29, 1.82) is 0 Å². The predicted molar refractivity (Wildman–Crippen MR) is 141 cm³/mol. The van der Waals surface area contributed by atoms with Crippen molar-refractivity contribution < 1.29 is 19.0 Å². The molecule has 0 unspecified atom stereocenters. The number of hydrogen-bond donors (Lipinski definition) is 0. The van der Waals surface area contributed by atoms with Gasteiger partial charge in [-0.05, 0) is 60.2 Å². The van der Waals surface area contributed by atoms with Gasteiger partial charge in [-0.15, -0.1) is 0 Å². The van der Waals surface area contributed by atoms with E-state index >= 15 is 0 Å². The zero-order valence-electron chi connectivity index (χ0n) is 19.8. The van der Waals surface area contributed by atoms with Gasteiger partial charge in [-0.3, -0.25) is 9.69 Å². The topological polar surface area (TPSA) is 60.4 Å². The summed E-state index contributed by atoms with van der Waals surface area (Å²) < 4.78 is 17.0. The number of para-hydroxylation sites is 1. The van der Waals surface area contributed by atoms with Gasteiger partial charge in [0.1, 0.15) is 6.61 Å². The van der Waals surface area contributed by atoms with Gasteiger partial charge >= 0.3 is 0 Å². The highest BCUT2D eigenvalue weighted by atomic mass is 32.2. The standard InChI is InChI=1S/C28H28N2O4S/c1-3-33-17-16-30-27(31)26(35-28(30)29-23-12-8-5-9-13-23)19-22-14-15-24(25(18-22)32-2)34-20-21-10-6-4-7-11-21/h4-15,18-19H,3,16-17,20H2,1-2H3/b26-19-,29-28?. The van der Waals surface area contributed by atoms with Crippen LogP contribution in [0.4, 0.5) is 5.69 Å². The first-order valence-corrected chi connectivity index (χ1v) is 12.3. The van der Waals surface area contributed by atoms with Crippen LogP contribution in [0.5, 0.6) is 11.5 Å². The number of rotatable bonds is 10. The van der Waals surface area contributed by atoms with Crippen LogP contribution in [0.3, 0.4) is 0 Å². The van der Waals surface area contributed by atoms with E-state index in [0.717, 1.165) is 16.8 Å². The SMILES string of the molecule is CCOCCN1C(=O)/C(=C/c2ccc(OCc3ccccc3)c(OC)c2)SC1=Nc1ccccc1. The zero-order chi connectivity index (χ0) is 24.5. The smallest absolute Gasteiger partial charge is 0.266 e. The molecular weight excluding hydrogens is 460 g/mol. The Kier molecular flexibility index (Phi) is 8.59. The first-order valence-electron chi connectivity index (χ1n) is 11.5. The molecule has 0 N–H and O–H groups in total. The maximum atomic E-state index is 13.2. The molecule has 0 bridgehead atoms. The van der Waals surface area contributed by atoms with E-state index in [1.54, 1.807) is 12.0 Å². The average molecular weight is 489 g/mol. The summed E-state index contributed by atoms with van der Waals surface area (Å²) in [4.78, 5) is 20.2. The van der Waals surface area contributed by atoms with Crippen molar-refractivity contribution >= 4 is 34.6 Å². The van der Waals surface area contributed by atoms with Crippen LogP contribution in [-0.4, -0.2) is 42.8 Å². The third kappa shape index (κ3) is 6.53. The van der Waals surface area contributed by atoms with Crippen LogP contribution in [0.25, 0.3) is 6.08 Å². The normalized spacial score (nSPS) is 15.7. The fourth-order valence-electron chi connectivity index (χ4n) is 3.48. The van der Waals surface area contributed by atoms with Gasteiger partial charge in [0.05, 0.1) is 30.9 Å². The Balaban J connectivity index is 1.55. The zero-order valence-corrected chi connectivity index (χ0v) is 20.7. The quantitative estimate of drug-likeness (QED) is 0.262. The van der Waals surface area contributed by atoms with Gasteiger partial charge in [0.25, 0.3) is 5.91 Å². The third-order valence-corrected chi connectivity index (χ3v) is 6.26. The van der Waals surface area contributed by atoms with Crippen molar-refractivity contribution in [1.82, 2.24) is 4.90 Å². The molecule has 0 radical (unpaired) electrons. The number of thioether (sulfide) groups is 1. The van der Waals surface area contributed by atoms with Crippen molar-refractivity contribution in [2.75, 3.05) is 26.9 Å². The molecule has 1 fully saturated rings. The minimum Gasteiger partial charge on any atom is -0.493 e. The van der Waals surface area contributed by atoms with Crippen molar-refractivity contribution in [2.45, 2.75) is 13.5 Å². The largest absolute Gasteiger partial charge is 0.493 e. The molecule has 0 spiro atoms. The number of methoxy groups -OCH3 is 1. The summed E-state index contributed by atoms with van der Waals surface area (Å²) in [6.07, 6.45) is 1.86. The Bertz CT molecular complexity index is 1200. The molecule has 1 amide bonds. The Morgan fingerprint density at radius 2 is 1.71 bits per heavy atom. The number of ether oxygens (including phenoxy) is 3. The fraction of sp³-hybridized carbons (Fsp3) is 0.214. The van der Waals surface area contributed by atoms with Gasteiger partial charge in [-0.1, -0.05) is 54.6 Å². The van der Waals surface area contributed by atoms with E-state index in [1.165, 1.54) is 11.8 Å². The van der Waals surface area contributed by atoms with E-state index in [2.05, 4.69) is 0 Å². The molecule has 0 aliphatic carbocycles. The van der Waals surface area contributed by atoms with Crippen LogP contribution in [-0.2, 0) is 16.1 Å². The number of carbonyl (C=O) groups is 1. The van der Waals surface area contributed by atoms with Crippen molar-refractivity contribution in [2.24, 2.45) is 4.99 Å². The van der Waals surface area contributed by atoms with Crippen LogP contribution in [0.15, 0.2) is 88.8 Å². The Labute approximate surface area is 210 Å².